The van der Waals surface area contributed by atoms with Crippen molar-refractivity contribution in [2.24, 2.45) is 5.73 Å². The van der Waals surface area contributed by atoms with E-state index in [-0.39, 0.29) is 30.9 Å². The maximum Gasteiger partial charge on any atom is 0.232 e. The summed E-state index contributed by atoms with van der Waals surface area (Å²) in [5.41, 5.74) is 5.81. The van der Waals surface area contributed by atoms with Crippen LogP contribution in [0, 0.1) is 0 Å². The van der Waals surface area contributed by atoms with Gasteiger partial charge in [-0.2, -0.15) is 0 Å². The van der Waals surface area contributed by atoms with E-state index in [4.69, 9.17) is 10.5 Å². The highest BCUT2D eigenvalue weighted by molar-refractivity contribution is 5.85. The monoisotopic (exact) mass is 265 g/mol. The second-order valence-corrected chi connectivity index (χ2v) is 3.70. The van der Waals surface area contributed by atoms with E-state index >= 15 is 0 Å². The average molecular weight is 266 g/mol. The molecule has 0 amide bonds. The highest BCUT2D eigenvalue weighted by Gasteiger charge is 2.19. The van der Waals surface area contributed by atoms with Crippen molar-refractivity contribution in [3.05, 3.63) is 18.6 Å². The van der Waals surface area contributed by atoms with Crippen LogP contribution in [0.15, 0.2) is 18.6 Å². The maximum absolute atomic E-state index is 5.81. The molecule has 1 aromatic heterocycles. The van der Waals surface area contributed by atoms with Gasteiger partial charge in [-0.15, -0.1) is 24.8 Å². The van der Waals surface area contributed by atoms with Crippen LogP contribution in [0.2, 0.25) is 0 Å². The number of hydrogen-bond donors (Lipinski definition) is 1. The van der Waals surface area contributed by atoms with E-state index in [0.29, 0.717) is 11.9 Å². The lowest BCUT2D eigenvalue weighted by Gasteiger charge is -2.25. The van der Waals surface area contributed by atoms with Gasteiger partial charge in [-0.3, -0.25) is 4.98 Å². The number of aromatic nitrogens is 2. The molecule has 16 heavy (non-hydrogen) atoms. The van der Waals surface area contributed by atoms with Crippen LogP contribution >= 0.6 is 24.8 Å². The molecule has 2 rings (SSSR count). The van der Waals surface area contributed by atoms with Crippen molar-refractivity contribution in [3.63, 3.8) is 0 Å². The summed E-state index contributed by atoms with van der Waals surface area (Å²) >= 11 is 0. The zero-order valence-corrected chi connectivity index (χ0v) is 10.5. The van der Waals surface area contributed by atoms with Crippen molar-refractivity contribution < 1.29 is 4.74 Å². The molecule has 1 fully saturated rings. The van der Waals surface area contributed by atoms with Crippen molar-refractivity contribution in [1.82, 2.24) is 9.97 Å². The van der Waals surface area contributed by atoms with Crippen molar-refractivity contribution in [2.75, 3.05) is 0 Å². The quantitative estimate of drug-likeness (QED) is 0.889. The van der Waals surface area contributed by atoms with Gasteiger partial charge in [0.2, 0.25) is 5.88 Å². The highest BCUT2D eigenvalue weighted by Crippen LogP contribution is 2.20. The van der Waals surface area contributed by atoms with Crippen LogP contribution in [0.3, 0.4) is 0 Å². The fraction of sp³-hybridized carbons (Fsp3) is 0.600. The largest absolute Gasteiger partial charge is 0.473 e. The van der Waals surface area contributed by atoms with E-state index in [9.17, 15) is 0 Å². The van der Waals surface area contributed by atoms with Gasteiger partial charge in [0, 0.05) is 18.4 Å². The van der Waals surface area contributed by atoms with Gasteiger partial charge in [0.05, 0.1) is 6.20 Å². The first kappa shape index (κ1) is 15.4. The van der Waals surface area contributed by atoms with E-state index in [1.54, 1.807) is 18.6 Å². The summed E-state index contributed by atoms with van der Waals surface area (Å²) in [6.07, 6.45) is 9.35. The zero-order valence-electron chi connectivity index (χ0n) is 8.91. The standard InChI is InChI=1S/C10H15N3O.2ClH/c11-8-1-3-9(4-2-8)14-10-7-12-5-6-13-10;;/h5-9H,1-4,11H2;2*1H. The molecule has 0 unspecified atom stereocenters. The van der Waals surface area contributed by atoms with Crippen molar-refractivity contribution in [2.45, 2.75) is 37.8 Å². The predicted molar refractivity (Wildman–Crippen MR) is 67.4 cm³/mol. The molecular weight excluding hydrogens is 249 g/mol. The molecule has 0 saturated heterocycles. The highest BCUT2D eigenvalue weighted by atomic mass is 35.5. The lowest BCUT2D eigenvalue weighted by molar-refractivity contribution is 0.140. The molecule has 0 radical (unpaired) electrons. The minimum Gasteiger partial charge on any atom is -0.473 e. The SMILES string of the molecule is Cl.Cl.NC1CCC(Oc2cnccn2)CC1. The second-order valence-electron chi connectivity index (χ2n) is 3.70. The van der Waals surface area contributed by atoms with E-state index in [1.165, 1.54) is 0 Å². The topological polar surface area (TPSA) is 61.0 Å². The van der Waals surface area contributed by atoms with Crippen LogP contribution in [0.25, 0.3) is 0 Å². The van der Waals surface area contributed by atoms with Crippen LogP contribution in [-0.4, -0.2) is 22.1 Å². The van der Waals surface area contributed by atoms with Gasteiger partial charge in [-0.25, -0.2) is 4.98 Å². The summed E-state index contributed by atoms with van der Waals surface area (Å²) in [6.45, 7) is 0. The van der Waals surface area contributed by atoms with Gasteiger partial charge in [0.15, 0.2) is 0 Å². The van der Waals surface area contributed by atoms with E-state index in [1.807, 2.05) is 0 Å². The Morgan fingerprint density at radius 2 is 1.81 bits per heavy atom. The van der Waals surface area contributed by atoms with Crippen molar-refractivity contribution >= 4 is 24.8 Å². The van der Waals surface area contributed by atoms with E-state index < -0.39 is 0 Å². The fourth-order valence-corrected chi connectivity index (χ4v) is 1.72. The summed E-state index contributed by atoms with van der Waals surface area (Å²) < 4.78 is 5.67. The lowest BCUT2D eigenvalue weighted by Crippen LogP contribution is -2.31. The van der Waals surface area contributed by atoms with Gasteiger partial charge in [0.1, 0.15) is 6.10 Å². The molecule has 0 bridgehead atoms. The molecule has 0 aliphatic heterocycles. The van der Waals surface area contributed by atoms with Gasteiger partial charge < -0.3 is 10.5 Å². The number of ether oxygens (including phenoxy) is 1. The Morgan fingerprint density at radius 1 is 1.12 bits per heavy atom. The molecule has 0 spiro atoms. The summed E-state index contributed by atoms with van der Waals surface area (Å²) in [4.78, 5) is 8.03. The van der Waals surface area contributed by atoms with Crippen LogP contribution in [-0.2, 0) is 0 Å². The molecule has 4 nitrogen and oxygen atoms in total. The molecule has 1 aliphatic carbocycles. The molecule has 1 heterocycles. The number of halogens is 2. The smallest absolute Gasteiger partial charge is 0.232 e. The number of nitrogens with zero attached hydrogens (tertiary/aromatic N) is 2. The minimum atomic E-state index is 0. The average Bonchev–Trinajstić information content (AvgIpc) is 2.23. The Morgan fingerprint density at radius 3 is 2.38 bits per heavy atom. The van der Waals surface area contributed by atoms with Crippen LogP contribution in [0.5, 0.6) is 5.88 Å². The maximum atomic E-state index is 5.81. The van der Waals surface area contributed by atoms with Crippen LogP contribution in [0.4, 0.5) is 0 Å². The van der Waals surface area contributed by atoms with E-state index in [2.05, 4.69) is 9.97 Å². The molecule has 0 aromatic carbocycles. The Kier molecular flexibility index (Phi) is 7.38. The molecule has 92 valence electrons. The first-order chi connectivity index (χ1) is 6.84. The first-order valence-electron chi connectivity index (χ1n) is 5.03. The van der Waals surface area contributed by atoms with E-state index in [0.717, 1.165) is 25.7 Å². The number of nitrogens with two attached hydrogens (primary N) is 1. The molecular formula is C10H17Cl2N3O. The Labute approximate surface area is 108 Å². The van der Waals surface area contributed by atoms with Gasteiger partial charge in [-0.05, 0) is 25.7 Å². The van der Waals surface area contributed by atoms with Crippen molar-refractivity contribution in [1.29, 1.82) is 0 Å². The third kappa shape index (κ3) is 4.51. The summed E-state index contributed by atoms with van der Waals surface area (Å²) in [7, 11) is 0. The lowest BCUT2D eigenvalue weighted by atomic mass is 9.94. The molecule has 1 saturated carbocycles. The third-order valence-corrected chi connectivity index (χ3v) is 2.55. The van der Waals surface area contributed by atoms with Crippen LogP contribution in [0.1, 0.15) is 25.7 Å². The number of hydrogen-bond acceptors (Lipinski definition) is 4. The Balaban J connectivity index is 0.00000112. The normalized spacial score (nSPS) is 23.8. The second kappa shape index (κ2) is 7.65. The molecule has 6 heteroatoms. The fourth-order valence-electron chi connectivity index (χ4n) is 1.72. The predicted octanol–water partition coefficient (Wildman–Crippen LogP) is 1.97. The van der Waals surface area contributed by atoms with Gasteiger partial charge in [0.25, 0.3) is 0 Å². The third-order valence-electron chi connectivity index (χ3n) is 2.55. The Hall–Kier alpha value is -0.580. The molecule has 1 aromatic rings. The molecule has 0 atom stereocenters. The first-order valence-corrected chi connectivity index (χ1v) is 5.03. The number of rotatable bonds is 2. The molecule has 2 N–H and O–H groups in total. The zero-order chi connectivity index (χ0) is 9.80. The van der Waals surface area contributed by atoms with Crippen LogP contribution < -0.4 is 10.5 Å². The summed E-state index contributed by atoms with van der Waals surface area (Å²) in [6, 6.07) is 0.358. The van der Waals surface area contributed by atoms with Crippen molar-refractivity contribution in [3.8, 4) is 5.88 Å². The molecule has 1 aliphatic rings. The minimum absolute atomic E-state index is 0. The summed E-state index contributed by atoms with van der Waals surface area (Å²) in [5, 5.41) is 0. The van der Waals surface area contributed by atoms with Gasteiger partial charge >= 0.3 is 0 Å². The van der Waals surface area contributed by atoms with Gasteiger partial charge in [-0.1, -0.05) is 0 Å². The Bertz CT molecular complexity index is 279. The summed E-state index contributed by atoms with van der Waals surface area (Å²) in [5.74, 6) is 0.618.